The highest BCUT2D eigenvalue weighted by Crippen LogP contribution is 2.12. The number of nitrogen functional groups attached to an aromatic ring is 1. The Balaban J connectivity index is 2.15. The van der Waals surface area contributed by atoms with Gasteiger partial charge in [0.15, 0.2) is 16.6 Å². The predicted octanol–water partition coefficient (Wildman–Crippen LogP) is 1.15. The van der Waals surface area contributed by atoms with Gasteiger partial charge in [0.2, 0.25) is 5.82 Å². The highest BCUT2D eigenvalue weighted by Gasteiger charge is 2.11. The molecule has 0 amide bonds. The summed E-state index contributed by atoms with van der Waals surface area (Å²) in [7, 11) is 0. The molecule has 1 heterocycles. The first-order valence-electron chi connectivity index (χ1n) is 4.67. The van der Waals surface area contributed by atoms with Crippen molar-refractivity contribution < 1.29 is 14.0 Å². The van der Waals surface area contributed by atoms with Crippen molar-refractivity contribution in [1.82, 2.24) is 9.36 Å². The lowest BCUT2D eigenvalue weighted by Crippen LogP contribution is -2.07. The first-order chi connectivity index (χ1) is 8.69. The van der Waals surface area contributed by atoms with E-state index in [0.29, 0.717) is 0 Å². The molecule has 0 unspecified atom stereocenters. The van der Waals surface area contributed by atoms with E-state index in [0.717, 1.165) is 11.5 Å². The number of nitrogens with zero attached hydrogens (tertiary/aromatic N) is 3. The maximum Gasteiger partial charge on any atom is 0.261 e. The normalized spacial score (nSPS) is 11.3. The first-order valence-corrected chi connectivity index (χ1v) is 5.44. The van der Waals surface area contributed by atoms with Crippen LogP contribution in [-0.2, 0) is 4.79 Å². The second-order valence-corrected chi connectivity index (χ2v) is 3.83. The number of aromatic nitrogens is 2. The average Bonchev–Trinajstić information content (AvgIpc) is 2.79. The van der Waals surface area contributed by atoms with Gasteiger partial charge >= 0.3 is 0 Å². The van der Waals surface area contributed by atoms with Crippen LogP contribution in [0, 0.1) is 5.82 Å². The molecule has 2 rings (SSSR count). The number of halogens is 1. The Labute approximate surface area is 105 Å². The van der Waals surface area contributed by atoms with Crippen molar-refractivity contribution >= 4 is 28.7 Å². The van der Waals surface area contributed by atoms with Crippen LogP contribution in [0.5, 0.6) is 5.75 Å². The maximum absolute atomic E-state index is 12.6. The van der Waals surface area contributed by atoms with Crippen molar-refractivity contribution in [3.05, 3.63) is 35.9 Å². The van der Waals surface area contributed by atoms with Gasteiger partial charge in [-0.05, 0) is 24.3 Å². The largest absolute Gasteiger partial charge is 0.374 e. The van der Waals surface area contributed by atoms with Gasteiger partial charge in [0.05, 0.1) is 0 Å². The van der Waals surface area contributed by atoms with E-state index in [1.165, 1.54) is 24.3 Å². The summed E-state index contributed by atoms with van der Waals surface area (Å²) in [6.45, 7) is 0. The molecule has 0 spiro atoms. The Morgan fingerprint density at radius 3 is 2.72 bits per heavy atom. The summed E-state index contributed by atoms with van der Waals surface area (Å²) in [5.41, 5.74) is 5.16. The molecular formula is C10H6FN4O2S. The summed E-state index contributed by atoms with van der Waals surface area (Å²) < 4.78 is 16.4. The fourth-order valence-electron chi connectivity index (χ4n) is 1.03. The van der Waals surface area contributed by atoms with Gasteiger partial charge in [0.1, 0.15) is 5.82 Å². The topological polar surface area (TPSA) is 90.5 Å². The molecule has 1 aromatic carbocycles. The second kappa shape index (κ2) is 5.32. The van der Waals surface area contributed by atoms with Gasteiger partial charge in [-0.15, -0.1) is 0 Å². The predicted molar refractivity (Wildman–Crippen MR) is 63.6 cm³/mol. The molecule has 18 heavy (non-hydrogen) atoms. The zero-order valence-corrected chi connectivity index (χ0v) is 9.65. The van der Waals surface area contributed by atoms with Crippen LogP contribution in [0.3, 0.4) is 0 Å². The van der Waals surface area contributed by atoms with Crippen molar-refractivity contribution in [2.45, 2.75) is 0 Å². The molecule has 1 radical (unpaired) electrons. The van der Waals surface area contributed by atoms with Gasteiger partial charge < -0.3 is 10.6 Å². The van der Waals surface area contributed by atoms with Crippen LogP contribution in [0.2, 0.25) is 0 Å². The van der Waals surface area contributed by atoms with Gasteiger partial charge in [-0.3, -0.25) is 4.79 Å². The maximum atomic E-state index is 12.6. The lowest BCUT2D eigenvalue weighted by Gasteiger charge is -1.97. The summed E-state index contributed by atoms with van der Waals surface area (Å²) >= 11 is 0.924. The van der Waals surface area contributed by atoms with Crippen molar-refractivity contribution in [2.24, 2.45) is 5.16 Å². The summed E-state index contributed by atoms with van der Waals surface area (Å²) in [5.74, 6) is -0.0931. The fourth-order valence-corrected chi connectivity index (χ4v) is 1.46. The van der Waals surface area contributed by atoms with E-state index in [-0.39, 0.29) is 22.4 Å². The van der Waals surface area contributed by atoms with Crippen LogP contribution in [-0.4, -0.2) is 21.4 Å². The van der Waals surface area contributed by atoms with Crippen LogP contribution in [0.25, 0.3) is 0 Å². The quantitative estimate of drug-likeness (QED) is 0.661. The Morgan fingerprint density at radius 1 is 1.44 bits per heavy atom. The van der Waals surface area contributed by atoms with Gasteiger partial charge in [0.25, 0.3) is 6.29 Å². The van der Waals surface area contributed by atoms with Gasteiger partial charge in [-0.2, -0.15) is 9.36 Å². The van der Waals surface area contributed by atoms with E-state index in [4.69, 9.17) is 10.6 Å². The standard InChI is InChI=1S/C10H6FN4O2S/c11-6-1-3-7(4-2-6)17-14-8(5-16)9-13-10(12)18-15-9/h1-4H,(H2,12,13,15)/b14-8-. The first kappa shape index (κ1) is 12.1. The van der Waals surface area contributed by atoms with Crippen LogP contribution in [0.15, 0.2) is 29.4 Å². The summed E-state index contributed by atoms with van der Waals surface area (Å²) in [5, 5.41) is 3.73. The van der Waals surface area contributed by atoms with Crippen LogP contribution < -0.4 is 10.6 Å². The zero-order valence-electron chi connectivity index (χ0n) is 8.83. The minimum absolute atomic E-state index is 0.0367. The van der Waals surface area contributed by atoms with E-state index in [1.807, 2.05) is 0 Å². The lowest BCUT2D eigenvalue weighted by atomic mass is 10.3. The van der Waals surface area contributed by atoms with Gasteiger partial charge in [0, 0.05) is 11.5 Å². The molecule has 0 aliphatic carbocycles. The molecule has 0 saturated carbocycles. The third-order valence-corrected chi connectivity index (χ3v) is 2.35. The van der Waals surface area contributed by atoms with E-state index < -0.39 is 5.82 Å². The molecule has 2 N–H and O–H groups in total. The van der Waals surface area contributed by atoms with Crippen LogP contribution in [0.1, 0.15) is 5.82 Å². The molecule has 91 valence electrons. The van der Waals surface area contributed by atoms with Gasteiger partial charge in [-0.25, -0.2) is 4.39 Å². The number of carbonyl (C=O) groups excluding carboxylic acids is 1. The molecule has 0 saturated heterocycles. The molecule has 8 heteroatoms. The molecule has 1 aromatic heterocycles. The third kappa shape index (κ3) is 2.86. The molecule has 0 atom stereocenters. The smallest absolute Gasteiger partial charge is 0.261 e. The number of hydrogen-bond acceptors (Lipinski definition) is 7. The number of oxime groups is 1. The number of anilines is 1. The molecule has 6 nitrogen and oxygen atoms in total. The second-order valence-electron chi connectivity index (χ2n) is 3.04. The summed E-state index contributed by atoms with van der Waals surface area (Å²) in [6, 6.07) is 5.14. The minimum Gasteiger partial charge on any atom is -0.374 e. The van der Waals surface area contributed by atoms with E-state index in [9.17, 15) is 9.18 Å². The van der Waals surface area contributed by atoms with Crippen molar-refractivity contribution in [3.8, 4) is 5.75 Å². The lowest BCUT2D eigenvalue weighted by molar-refractivity contribution is 0.341. The van der Waals surface area contributed by atoms with Gasteiger partial charge in [-0.1, -0.05) is 5.16 Å². The molecule has 0 aliphatic rings. The Hall–Kier alpha value is -2.35. The monoisotopic (exact) mass is 265 g/mol. The molecule has 0 aliphatic heterocycles. The summed E-state index contributed by atoms with van der Waals surface area (Å²) in [4.78, 5) is 19.4. The highest BCUT2D eigenvalue weighted by atomic mass is 32.1. The zero-order chi connectivity index (χ0) is 13.0. The van der Waals surface area contributed by atoms with Crippen molar-refractivity contribution in [2.75, 3.05) is 5.73 Å². The Kier molecular flexibility index (Phi) is 3.58. The Morgan fingerprint density at radius 2 is 2.17 bits per heavy atom. The summed E-state index contributed by atoms with van der Waals surface area (Å²) in [6.07, 6.45) is 1.54. The van der Waals surface area contributed by atoms with Crippen molar-refractivity contribution in [1.29, 1.82) is 0 Å². The van der Waals surface area contributed by atoms with E-state index in [1.54, 1.807) is 6.29 Å². The minimum atomic E-state index is -0.401. The number of benzene rings is 1. The van der Waals surface area contributed by atoms with Crippen LogP contribution >= 0.6 is 11.5 Å². The fraction of sp³-hybridized carbons (Fsp3) is 0. The Bertz CT molecular complexity index is 582. The molecule has 2 aromatic rings. The SMILES string of the molecule is Nc1nc(/C([C]=O)=N\Oc2ccc(F)cc2)ns1. The van der Waals surface area contributed by atoms with Crippen molar-refractivity contribution in [3.63, 3.8) is 0 Å². The number of hydrogen-bond donors (Lipinski definition) is 1. The van der Waals surface area contributed by atoms with E-state index >= 15 is 0 Å². The number of nitrogens with two attached hydrogens (primary N) is 1. The van der Waals surface area contributed by atoms with Crippen LogP contribution in [0.4, 0.5) is 9.52 Å². The average molecular weight is 265 g/mol. The molecule has 0 bridgehead atoms. The third-order valence-electron chi connectivity index (χ3n) is 1.81. The van der Waals surface area contributed by atoms with E-state index in [2.05, 4.69) is 14.5 Å². The molecular weight excluding hydrogens is 259 g/mol. The number of rotatable bonds is 4. The highest BCUT2D eigenvalue weighted by molar-refractivity contribution is 7.09. The molecule has 0 fully saturated rings.